The Balaban J connectivity index is 1.22. The van der Waals surface area contributed by atoms with Gasteiger partial charge in [0.1, 0.15) is 0 Å². The Labute approximate surface area is 372 Å². The molecule has 3 aromatic heterocycles. The lowest BCUT2D eigenvalue weighted by Gasteiger charge is -2.35. The van der Waals surface area contributed by atoms with Gasteiger partial charge in [-0.05, 0) is 87.5 Å². The molecule has 10 aromatic carbocycles. The summed E-state index contributed by atoms with van der Waals surface area (Å²) in [6.45, 7) is 0. The molecule has 0 bridgehead atoms. The van der Waals surface area contributed by atoms with Gasteiger partial charge in [-0.1, -0.05) is 182 Å². The average Bonchev–Trinajstić information content (AvgIpc) is 4.01. The highest BCUT2D eigenvalue weighted by atomic mass is 28.3. The summed E-state index contributed by atoms with van der Waals surface area (Å²) in [6.07, 6.45) is 0. The molecule has 0 atom stereocenters. The number of hydrogen-bond donors (Lipinski definition) is 0. The molecule has 0 aliphatic carbocycles. The lowest BCUT2D eigenvalue weighted by atomic mass is 10.1. The van der Waals surface area contributed by atoms with Gasteiger partial charge in [0.05, 0.1) is 38.8 Å². The van der Waals surface area contributed by atoms with Crippen molar-refractivity contribution in [3.05, 3.63) is 249 Å². The third-order valence-electron chi connectivity index (χ3n) is 13.6. The van der Waals surface area contributed by atoms with Crippen molar-refractivity contribution in [2.45, 2.75) is 0 Å². The summed E-state index contributed by atoms with van der Waals surface area (Å²) in [7, 11) is -3.00. The normalized spacial score (nSPS) is 12.1. The molecule has 0 amide bonds. The lowest BCUT2D eigenvalue weighted by molar-refractivity contribution is 1.16. The van der Waals surface area contributed by atoms with Crippen molar-refractivity contribution in [3.63, 3.8) is 0 Å². The van der Waals surface area contributed by atoms with Crippen LogP contribution in [0, 0.1) is 0 Å². The minimum Gasteiger partial charge on any atom is -0.309 e. The zero-order valence-corrected chi connectivity index (χ0v) is 36.0. The smallest absolute Gasteiger partial charge is 0.180 e. The van der Waals surface area contributed by atoms with Crippen LogP contribution in [0.3, 0.4) is 0 Å². The highest BCUT2D eigenvalue weighted by Crippen LogP contribution is 2.41. The highest BCUT2D eigenvalue weighted by Gasteiger charge is 2.43. The molecule has 0 spiro atoms. The fraction of sp³-hybridized carbons (Fsp3) is 0. The number of rotatable bonds is 7. The summed E-state index contributed by atoms with van der Waals surface area (Å²) in [5, 5.41) is 12.9. The molecule has 0 fully saturated rings. The topological polar surface area (TPSA) is 14.8 Å². The first-order chi connectivity index (χ1) is 31.8. The summed E-state index contributed by atoms with van der Waals surface area (Å²) in [4.78, 5) is 0. The van der Waals surface area contributed by atoms with Crippen molar-refractivity contribution in [1.82, 2.24) is 13.7 Å². The molecule has 3 nitrogen and oxygen atoms in total. The summed E-state index contributed by atoms with van der Waals surface area (Å²) in [6, 6.07) is 92.4. The van der Waals surface area contributed by atoms with E-state index < -0.39 is 8.07 Å². The maximum atomic E-state index is 2.56. The van der Waals surface area contributed by atoms with Gasteiger partial charge in [-0.15, -0.1) is 0 Å². The summed E-state index contributed by atoms with van der Waals surface area (Å²) < 4.78 is 7.44. The molecule has 0 saturated heterocycles. The third kappa shape index (κ3) is 5.21. The second kappa shape index (κ2) is 14.5. The minimum absolute atomic E-state index is 1.14. The SMILES string of the molecule is c1ccc(-n2c3ccccc3c3c(-n4c5ccc(-n6c7ccccc7c7ccccc76)cc5c5c([Si](c6ccccc6)(c6ccccc6)c6ccccc6)cccc54)cccc32)cc1. The predicted octanol–water partition coefficient (Wildman–Crippen LogP) is 12.4. The van der Waals surface area contributed by atoms with Crippen molar-refractivity contribution in [1.29, 1.82) is 0 Å². The summed E-state index contributed by atoms with van der Waals surface area (Å²) in [5.74, 6) is 0. The van der Waals surface area contributed by atoms with E-state index >= 15 is 0 Å². The number of hydrogen-bond acceptors (Lipinski definition) is 0. The third-order valence-corrected chi connectivity index (χ3v) is 18.4. The van der Waals surface area contributed by atoms with Crippen molar-refractivity contribution >= 4 is 94.2 Å². The minimum atomic E-state index is -3.00. The van der Waals surface area contributed by atoms with Gasteiger partial charge >= 0.3 is 0 Å². The van der Waals surface area contributed by atoms with Gasteiger partial charge in [0.25, 0.3) is 0 Å². The Morgan fingerprint density at radius 1 is 0.250 bits per heavy atom. The second-order valence-corrected chi connectivity index (χ2v) is 20.6. The quantitative estimate of drug-likeness (QED) is 0.112. The predicted molar refractivity (Wildman–Crippen MR) is 273 cm³/mol. The van der Waals surface area contributed by atoms with E-state index in [9.17, 15) is 0 Å². The zero-order chi connectivity index (χ0) is 42.2. The molecule has 0 radical (unpaired) electrons. The van der Waals surface area contributed by atoms with E-state index in [1.807, 2.05) is 0 Å². The molecule has 64 heavy (non-hydrogen) atoms. The number of nitrogens with zero attached hydrogens (tertiary/aromatic N) is 3. The van der Waals surface area contributed by atoms with Crippen LogP contribution in [0.4, 0.5) is 0 Å². The van der Waals surface area contributed by atoms with Crippen molar-refractivity contribution in [2.75, 3.05) is 0 Å². The highest BCUT2D eigenvalue weighted by molar-refractivity contribution is 7.20. The monoisotopic (exact) mass is 831 g/mol. The molecule has 4 heteroatoms. The van der Waals surface area contributed by atoms with Crippen LogP contribution in [0.2, 0.25) is 0 Å². The van der Waals surface area contributed by atoms with E-state index in [0.717, 1.165) is 17.1 Å². The first kappa shape index (κ1) is 36.5. The van der Waals surface area contributed by atoms with Crippen molar-refractivity contribution in [3.8, 4) is 17.1 Å². The van der Waals surface area contributed by atoms with Crippen LogP contribution in [-0.2, 0) is 0 Å². The Bertz CT molecular complexity index is 3730. The van der Waals surface area contributed by atoms with Gasteiger partial charge in [-0.2, -0.15) is 0 Å². The van der Waals surface area contributed by atoms with Crippen molar-refractivity contribution < 1.29 is 0 Å². The summed E-state index contributed by atoms with van der Waals surface area (Å²) >= 11 is 0. The summed E-state index contributed by atoms with van der Waals surface area (Å²) in [5.41, 5.74) is 10.6. The Morgan fingerprint density at radius 2 is 0.672 bits per heavy atom. The van der Waals surface area contributed by atoms with E-state index in [4.69, 9.17) is 0 Å². The van der Waals surface area contributed by atoms with Gasteiger partial charge < -0.3 is 13.7 Å². The average molecular weight is 832 g/mol. The van der Waals surface area contributed by atoms with Gasteiger partial charge in [0.15, 0.2) is 8.07 Å². The molecule has 300 valence electrons. The van der Waals surface area contributed by atoms with Crippen LogP contribution >= 0.6 is 0 Å². The number of benzene rings is 10. The van der Waals surface area contributed by atoms with Crippen LogP contribution in [-0.4, -0.2) is 21.8 Å². The van der Waals surface area contributed by atoms with E-state index in [1.54, 1.807) is 0 Å². The molecule has 0 aliphatic rings. The first-order valence-corrected chi connectivity index (χ1v) is 24.1. The van der Waals surface area contributed by atoms with Crippen LogP contribution in [0.5, 0.6) is 0 Å². The van der Waals surface area contributed by atoms with E-state index in [2.05, 4.69) is 262 Å². The largest absolute Gasteiger partial charge is 0.309 e. The molecule has 13 rings (SSSR count). The van der Waals surface area contributed by atoms with Crippen LogP contribution < -0.4 is 20.7 Å². The number of para-hydroxylation sites is 4. The van der Waals surface area contributed by atoms with E-state index in [0.29, 0.717) is 0 Å². The second-order valence-electron chi connectivity index (χ2n) is 16.8. The zero-order valence-electron chi connectivity index (χ0n) is 35.0. The molecular formula is C60H41N3Si. The van der Waals surface area contributed by atoms with E-state index in [-0.39, 0.29) is 0 Å². The fourth-order valence-electron chi connectivity index (χ4n) is 11.0. The molecule has 0 unspecified atom stereocenters. The molecule has 0 N–H and O–H groups in total. The Hall–Kier alpha value is -8.18. The van der Waals surface area contributed by atoms with Gasteiger partial charge in [0.2, 0.25) is 0 Å². The fourth-order valence-corrected chi connectivity index (χ4v) is 16.0. The van der Waals surface area contributed by atoms with Gasteiger partial charge in [0, 0.05) is 43.7 Å². The van der Waals surface area contributed by atoms with Crippen LogP contribution in [0.1, 0.15) is 0 Å². The maximum absolute atomic E-state index is 3.00. The molecule has 3 heterocycles. The lowest BCUT2D eigenvalue weighted by Crippen LogP contribution is -2.74. The number of fused-ring (bicyclic) bond motifs is 9. The first-order valence-electron chi connectivity index (χ1n) is 22.1. The Kier molecular flexibility index (Phi) is 8.23. The maximum Gasteiger partial charge on any atom is 0.180 e. The van der Waals surface area contributed by atoms with Gasteiger partial charge in [-0.3, -0.25) is 0 Å². The van der Waals surface area contributed by atoms with Crippen molar-refractivity contribution in [2.24, 2.45) is 0 Å². The molecule has 13 aromatic rings. The molecule has 0 aliphatic heterocycles. The van der Waals surface area contributed by atoms with E-state index in [1.165, 1.54) is 86.2 Å². The Morgan fingerprint density at radius 3 is 1.25 bits per heavy atom. The number of aromatic nitrogens is 3. The van der Waals surface area contributed by atoms with Crippen LogP contribution in [0.25, 0.3) is 82.5 Å². The van der Waals surface area contributed by atoms with Crippen LogP contribution in [0.15, 0.2) is 249 Å². The standard InChI is InChI=1S/C60H41N3Si/c1-5-21-42(22-6-1)61-53-34-18-15-31-49(53)59-55(61)35-19-36-56(59)63-54-40-39-43(62-51-32-16-13-29-47(51)48-30-14-17-33-52(48)62)41-50(54)60-57(63)37-20-38-58(60)64(44-23-7-2-8-24-44,45-25-9-3-10-26-45)46-27-11-4-12-28-46/h1-41H. The molecular weight excluding hydrogens is 791 g/mol. The van der Waals surface area contributed by atoms with Gasteiger partial charge in [-0.25, -0.2) is 0 Å². The molecule has 0 saturated carbocycles.